The molecular formula is C11H11ClN4O2S. The molecule has 0 aliphatic heterocycles. The standard InChI is InChI=1S/C11H11ClN4O2S/c1-6-5-13-11(19-6)7(2)14-10-8(16(17)18)3-4-9(12)15-10/h3-5,7H,1-2H3,(H,14,15). The normalized spacial score (nSPS) is 12.2. The van der Waals surface area contributed by atoms with Crippen LogP contribution in [-0.4, -0.2) is 14.9 Å². The van der Waals surface area contributed by atoms with Crippen molar-refractivity contribution in [3.8, 4) is 0 Å². The molecule has 6 nitrogen and oxygen atoms in total. The molecular weight excluding hydrogens is 288 g/mol. The maximum Gasteiger partial charge on any atom is 0.311 e. The van der Waals surface area contributed by atoms with Crippen LogP contribution >= 0.6 is 22.9 Å². The van der Waals surface area contributed by atoms with E-state index in [0.717, 1.165) is 9.88 Å². The molecule has 0 fully saturated rings. The van der Waals surface area contributed by atoms with Crippen molar-refractivity contribution in [2.75, 3.05) is 5.32 Å². The summed E-state index contributed by atoms with van der Waals surface area (Å²) in [4.78, 5) is 19.7. The Morgan fingerprint density at radius 2 is 2.26 bits per heavy atom. The van der Waals surface area contributed by atoms with Gasteiger partial charge in [0.05, 0.1) is 11.0 Å². The van der Waals surface area contributed by atoms with Crippen molar-refractivity contribution in [3.63, 3.8) is 0 Å². The molecule has 8 heteroatoms. The molecule has 0 saturated carbocycles. The van der Waals surface area contributed by atoms with E-state index >= 15 is 0 Å². The Labute approximate surface area is 118 Å². The third kappa shape index (κ3) is 3.18. The summed E-state index contributed by atoms with van der Waals surface area (Å²) < 4.78 is 0. The monoisotopic (exact) mass is 298 g/mol. The van der Waals surface area contributed by atoms with Gasteiger partial charge in [0.1, 0.15) is 10.2 Å². The van der Waals surface area contributed by atoms with E-state index in [2.05, 4.69) is 15.3 Å². The Morgan fingerprint density at radius 1 is 1.53 bits per heavy atom. The predicted molar refractivity (Wildman–Crippen MR) is 74.8 cm³/mol. The average molecular weight is 299 g/mol. The molecule has 19 heavy (non-hydrogen) atoms. The van der Waals surface area contributed by atoms with Crippen molar-refractivity contribution in [2.45, 2.75) is 19.9 Å². The maximum absolute atomic E-state index is 10.9. The van der Waals surface area contributed by atoms with Gasteiger partial charge in [0, 0.05) is 17.1 Å². The van der Waals surface area contributed by atoms with Crippen LogP contribution in [0.1, 0.15) is 22.9 Å². The SMILES string of the molecule is Cc1cnc(C(C)Nc2nc(Cl)ccc2[N+](=O)[O-])s1. The molecule has 2 aromatic rings. The average Bonchev–Trinajstić information content (AvgIpc) is 2.75. The van der Waals surface area contributed by atoms with Crippen LogP contribution in [0.3, 0.4) is 0 Å². The topological polar surface area (TPSA) is 81.0 Å². The summed E-state index contributed by atoms with van der Waals surface area (Å²) in [6, 6.07) is 2.55. The number of pyridine rings is 1. The molecule has 0 amide bonds. The van der Waals surface area contributed by atoms with Gasteiger partial charge in [-0.2, -0.15) is 0 Å². The Morgan fingerprint density at radius 3 is 2.84 bits per heavy atom. The van der Waals surface area contributed by atoms with Crippen LogP contribution in [0.2, 0.25) is 5.15 Å². The fraction of sp³-hybridized carbons (Fsp3) is 0.273. The van der Waals surface area contributed by atoms with E-state index in [-0.39, 0.29) is 22.7 Å². The molecule has 0 bridgehead atoms. The molecule has 1 unspecified atom stereocenters. The Bertz CT molecular complexity index is 616. The Balaban J connectivity index is 2.27. The maximum atomic E-state index is 10.9. The minimum Gasteiger partial charge on any atom is -0.355 e. The molecule has 2 heterocycles. The quantitative estimate of drug-likeness (QED) is 0.530. The van der Waals surface area contributed by atoms with Gasteiger partial charge < -0.3 is 5.32 Å². The molecule has 0 aliphatic rings. The molecule has 1 N–H and O–H groups in total. The number of thiazole rings is 1. The number of anilines is 1. The van der Waals surface area contributed by atoms with Gasteiger partial charge in [-0.15, -0.1) is 11.3 Å². The lowest BCUT2D eigenvalue weighted by Crippen LogP contribution is -2.09. The van der Waals surface area contributed by atoms with E-state index < -0.39 is 4.92 Å². The van der Waals surface area contributed by atoms with E-state index in [0.29, 0.717) is 0 Å². The van der Waals surface area contributed by atoms with Gasteiger partial charge in [0.25, 0.3) is 0 Å². The highest BCUT2D eigenvalue weighted by Gasteiger charge is 2.19. The first-order valence-electron chi connectivity index (χ1n) is 5.47. The second-order valence-corrected chi connectivity index (χ2v) is 5.59. The first-order valence-corrected chi connectivity index (χ1v) is 6.66. The van der Waals surface area contributed by atoms with Crippen LogP contribution in [-0.2, 0) is 0 Å². The highest BCUT2D eigenvalue weighted by atomic mass is 35.5. The number of nitrogens with one attached hydrogen (secondary N) is 1. The lowest BCUT2D eigenvalue weighted by Gasteiger charge is -2.11. The molecule has 0 aromatic carbocycles. The number of halogens is 1. The minimum atomic E-state index is -0.495. The second-order valence-electron chi connectivity index (χ2n) is 3.93. The van der Waals surface area contributed by atoms with Crippen LogP contribution < -0.4 is 5.32 Å². The summed E-state index contributed by atoms with van der Waals surface area (Å²) in [7, 11) is 0. The molecule has 0 aliphatic carbocycles. The summed E-state index contributed by atoms with van der Waals surface area (Å²) in [5.74, 6) is 0.151. The third-order valence-corrected chi connectivity index (χ3v) is 3.71. The van der Waals surface area contributed by atoms with E-state index in [9.17, 15) is 10.1 Å². The largest absolute Gasteiger partial charge is 0.355 e. The van der Waals surface area contributed by atoms with Crippen molar-refractivity contribution in [1.29, 1.82) is 0 Å². The van der Waals surface area contributed by atoms with Crippen molar-refractivity contribution in [2.24, 2.45) is 0 Å². The number of nitro groups is 1. The van der Waals surface area contributed by atoms with Crippen molar-refractivity contribution < 1.29 is 4.92 Å². The van der Waals surface area contributed by atoms with Gasteiger partial charge in [-0.3, -0.25) is 10.1 Å². The molecule has 2 rings (SSSR count). The predicted octanol–water partition coefficient (Wildman–Crippen LogP) is 3.58. The van der Waals surface area contributed by atoms with Gasteiger partial charge in [0.2, 0.25) is 5.82 Å². The number of aryl methyl sites for hydroxylation is 1. The third-order valence-electron chi connectivity index (χ3n) is 2.40. The summed E-state index contributed by atoms with van der Waals surface area (Å²) in [5, 5.41) is 14.9. The van der Waals surface area contributed by atoms with Crippen LogP contribution in [0.15, 0.2) is 18.3 Å². The first kappa shape index (κ1) is 13.7. The second kappa shape index (κ2) is 5.50. The minimum absolute atomic E-state index is 0.107. The Hall–Kier alpha value is -1.73. The zero-order valence-electron chi connectivity index (χ0n) is 10.3. The molecule has 2 aromatic heterocycles. The lowest BCUT2D eigenvalue weighted by molar-refractivity contribution is -0.384. The molecule has 0 spiro atoms. The number of nitrogens with zero attached hydrogens (tertiary/aromatic N) is 3. The number of hydrogen-bond donors (Lipinski definition) is 1. The van der Waals surface area contributed by atoms with E-state index in [4.69, 9.17) is 11.6 Å². The smallest absolute Gasteiger partial charge is 0.311 e. The van der Waals surface area contributed by atoms with E-state index in [1.165, 1.54) is 23.5 Å². The Kier molecular flexibility index (Phi) is 3.96. The van der Waals surface area contributed by atoms with E-state index in [1.807, 2.05) is 13.8 Å². The van der Waals surface area contributed by atoms with E-state index in [1.54, 1.807) is 6.20 Å². The van der Waals surface area contributed by atoms with Gasteiger partial charge in [-0.1, -0.05) is 11.6 Å². The van der Waals surface area contributed by atoms with Crippen LogP contribution in [0.25, 0.3) is 0 Å². The zero-order chi connectivity index (χ0) is 14.0. The van der Waals surface area contributed by atoms with Crippen molar-refractivity contribution in [1.82, 2.24) is 9.97 Å². The van der Waals surface area contributed by atoms with Crippen LogP contribution in [0.5, 0.6) is 0 Å². The molecule has 100 valence electrons. The summed E-state index contributed by atoms with van der Waals surface area (Å²) in [5.41, 5.74) is -0.107. The highest BCUT2D eigenvalue weighted by molar-refractivity contribution is 7.11. The van der Waals surface area contributed by atoms with Gasteiger partial charge in [-0.05, 0) is 19.9 Å². The van der Waals surface area contributed by atoms with Gasteiger partial charge >= 0.3 is 5.69 Å². The summed E-state index contributed by atoms with van der Waals surface area (Å²) in [6.07, 6.45) is 1.76. The molecule has 0 radical (unpaired) electrons. The number of rotatable bonds is 4. The van der Waals surface area contributed by atoms with Crippen molar-refractivity contribution in [3.05, 3.63) is 43.5 Å². The zero-order valence-corrected chi connectivity index (χ0v) is 11.8. The van der Waals surface area contributed by atoms with Crippen LogP contribution in [0, 0.1) is 17.0 Å². The lowest BCUT2D eigenvalue weighted by atomic mass is 10.3. The van der Waals surface area contributed by atoms with Gasteiger partial charge in [-0.25, -0.2) is 9.97 Å². The summed E-state index contributed by atoms with van der Waals surface area (Å²) in [6.45, 7) is 3.82. The van der Waals surface area contributed by atoms with Crippen LogP contribution in [0.4, 0.5) is 11.5 Å². The van der Waals surface area contributed by atoms with Gasteiger partial charge in [0.15, 0.2) is 0 Å². The molecule has 1 atom stereocenters. The number of aromatic nitrogens is 2. The fourth-order valence-electron chi connectivity index (χ4n) is 1.52. The number of hydrogen-bond acceptors (Lipinski definition) is 6. The molecule has 0 saturated heterocycles. The highest BCUT2D eigenvalue weighted by Crippen LogP contribution is 2.29. The fourth-order valence-corrected chi connectivity index (χ4v) is 2.44. The first-order chi connectivity index (χ1) is 8.97. The van der Waals surface area contributed by atoms with Crippen molar-refractivity contribution >= 4 is 34.4 Å². The summed E-state index contributed by atoms with van der Waals surface area (Å²) >= 11 is 7.30.